The maximum absolute atomic E-state index is 12.8. The molecule has 1 atom stereocenters. The Morgan fingerprint density at radius 1 is 1.33 bits per heavy atom. The van der Waals surface area contributed by atoms with Gasteiger partial charge < -0.3 is 20.9 Å². The fraction of sp³-hybridized carbons (Fsp3) is 0.588. The summed E-state index contributed by atoms with van der Waals surface area (Å²) in [5, 5.41) is 2.79. The highest BCUT2D eigenvalue weighted by atomic mass is 16.2. The summed E-state index contributed by atoms with van der Waals surface area (Å²) in [6.45, 7) is 6.92. The van der Waals surface area contributed by atoms with E-state index in [1.54, 1.807) is 18.7 Å². The Bertz CT molecular complexity index is 651. The summed E-state index contributed by atoms with van der Waals surface area (Å²) in [5.41, 5.74) is 7.81. The number of likely N-dealkylation sites (tertiary alicyclic amines) is 1. The summed E-state index contributed by atoms with van der Waals surface area (Å²) < 4.78 is 0. The molecule has 0 aliphatic carbocycles. The number of rotatable bonds is 5. The van der Waals surface area contributed by atoms with Crippen LogP contribution in [0.15, 0.2) is 0 Å². The van der Waals surface area contributed by atoms with E-state index in [9.17, 15) is 14.4 Å². The zero-order valence-corrected chi connectivity index (χ0v) is 14.6. The van der Waals surface area contributed by atoms with Crippen molar-refractivity contribution in [3.05, 3.63) is 22.5 Å². The molecule has 2 rings (SSSR count). The Hall–Kier alpha value is -2.15. The first-order chi connectivity index (χ1) is 11.4. The molecule has 1 aromatic heterocycles. The van der Waals surface area contributed by atoms with Gasteiger partial charge in [-0.25, -0.2) is 0 Å². The molecule has 1 fully saturated rings. The van der Waals surface area contributed by atoms with Crippen molar-refractivity contribution in [1.82, 2.24) is 15.2 Å². The molecule has 1 saturated heterocycles. The molecule has 0 aromatic carbocycles. The number of H-pyrrole nitrogens is 1. The number of carbonyl (C=O) groups excluding carboxylic acids is 3. The van der Waals surface area contributed by atoms with Gasteiger partial charge in [0.05, 0.1) is 5.92 Å². The smallest absolute Gasteiger partial charge is 0.270 e. The van der Waals surface area contributed by atoms with Crippen LogP contribution in [0.25, 0.3) is 0 Å². The van der Waals surface area contributed by atoms with Crippen LogP contribution in [0.1, 0.15) is 51.9 Å². The lowest BCUT2D eigenvalue weighted by atomic mass is 9.96. The number of hydrogen-bond donors (Lipinski definition) is 3. The molecule has 0 saturated carbocycles. The van der Waals surface area contributed by atoms with Gasteiger partial charge in [-0.2, -0.15) is 0 Å². The second kappa shape index (κ2) is 7.61. The topological polar surface area (TPSA) is 108 Å². The van der Waals surface area contributed by atoms with Crippen molar-refractivity contribution < 1.29 is 14.4 Å². The first-order valence-electron chi connectivity index (χ1n) is 8.34. The van der Waals surface area contributed by atoms with E-state index in [1.807, 2.05) is 0 Å². The second-order valence-corrected chi connectivity index (χ2v) is 6.35. The summed E-state index contributed by atoms with van der Waals surface area (Å²) in [4.78, 5) is 41.4. The number of nitrogens with two attached hydrogens (primary N) is 1. The Morgan fingerprint density at radius 3 is 2.62 bits per heavy atom. The number of aromatic amines is 1. The minimum atomic E-state index is -0.210. The number of aryl methyl sites for hydroxylation is 1. The maximum atomic E-state index is 12.8. The average Bonchev–Trinajstić information content (AvgIpc) is 2.86. The predicted octanol–water partition coefficient (Wildman–Crippen LogP) is 0.761. The standard InChI is InChI=1S/C17H26N4O3/c1-10-14(12(3)22)11(2)20-15(10)17(24)21-8-4-5-13(9-21)16(23)19-7-6-18/h13,20H,4-9,18H2,1-3H3,(H,19,23). The van der Waals surface area contributed by atoms with Gasteiger partial charge in [0, 0.05) is 37.4 Å². The van der Waals surface area contributed by atoms with Gasteiger partial charge in [0.25, 0.3) is 5.91 Å². The highest BCUT2D eigenvalue weighted by molar-refractivity contribution is 6.02. The zero-order chi connectivity index (χ0) is 17.9. The lowest BCUT2D eigenvalue weighted by Crippen LogP contribution is -2.46. The molecule has 0 spiro atoms. The molecule has 0 radical (unpaired) electrons. The molecule has 7 heteroatoms. The molecule has 1 aliphatic rings. The first kappa shape index (κ1) is 18.2. The number of nitrogens with one attached hydrogen (secondary N) is 2. The Balaban J connectivity index is 2.14. The van der Waals surface area contributed by atoms with Crippen LogP contribution in [0.5, 0.6) is 0 Å². The first-order valence-corrected chi connectivity index (χ1v) is 8.34. The fourth-order valence-electron chi connectivity index (χ4n) is 3.37. The van der Waals surface area contributed by atoms with Crippen LogP contribution in [0.3, 0.4) is 0 Å². The summed E-state index contributed by atoms with van der Waals surface area (Å²) in [7, 11) is 0. The van der Waals surface area contributed by atoms with Crippen molar-refractivity contribution in [2.24, 2.45) is 11.7 Å². The van der Waals surface area contributed by atoms with Crippen LogP contribution in [0.4, 0.5) is 0 Å². The molecule has 24 heavy (non-hydrogen) atoms. The van der Waals surface area contributed by atoms with Crippen LogP contribution >= 0.6 is 0 Å². The molecule has 4 N–H and O–H groups in total. The van der Waals surface area contributed by atoms with Crippen molar-refractivity contribution >= 4 is 17.6 Å². The van der Waals surface area contributed by atoms with E-state index in [0.29, 0.717) is 48.7 Å². The van der Waals surface area contributed by atoms with Gasteiger partial charge in [-0.3, -0.25) is 14.4 Å². The van der Waals surface area contributed by atoms with Crippen LogP contribution in [0, 0.1) is 19.8 Å². The molecular weight excluding hydrogens is 308 g/mol. The van der Waals surface area contributed by atoms with E-state index in [2.05, 4.69) is 10.3 Å². The minimum absolute atomic E-state index is 0.0539. The molecule has 7 nitrogen and oxygen atoms in total. The van der Waals surface area contributed by atoms with E-state index < -0.39 is 0 Å². The normalized spacial score (nSPS) is 17.7. The van der Waals surface area contributed by atoms with Crippen molar-refractivity contribution in [3.8, 4) is 0 Å². The molecule has 132 valence electrons. The SMILES string of the molecule is CC(=O)c1c(C)[nH]c(C(=O)N2CCCC(C(=O)NCCN)C2)c1C. The summed E-state index contributed by atoms with van der Waals surface area (Å²) >= 11 is 0. The summed E-state index contributed by atoms with van der Waals surface area (Å²) in [5.74, 6) is -0.475. The summed E-state index contributed by atoms with van der Waals surface area (Å²) in [6.07, 6.45) is 1.55. The maximum Gasteiger partial charge on any atom is 0.270 e. The fourth-order valence-corrected chi connectivity index (χ4v) is 3.37. The van der Waals surface area contributed by atoms with Crippen molar-refractivity contribution in [3.63, 3.8) is 0 Å². The molecule has 0 bridgehead atoms. The third-order valence-corrected chi connectivity index (χ3v) is 4.53. The van der Waals surface area contributed by atoms with E-state index in [4.69, 9.17) is 5.73 Å². The predicted molar refractivity (Wildman–Crippen MR) is 91.0 cm³/mol. The van der Waals surface area contributed by atoms with Crippen LogP contribution in [-0.2, 0) is 4.79 Å². The molecule has 1 aliphatic heterocycles. The lowest BCUT2D eigenvalue weighted by molar-refractivity contribution is -0.126. The Morgan fingerprint density at radius 2 is 2.04 bits per heavy atom. The number of amides is 2. The molecule has 2 heterocycles. The third-order valence-electron chi connectivity index (χ3n) is 4.53. The zero-order valence-electron chi connectivity index (χ0n) is 14.6. The minimum Gasteiger partial charge on any atom is -0.355 e. The van der Waals surface area contributed by atoms with Gasteiger partial charge >= 0.3 is 0 Å². The van der Waals surface area contributed by atoms with Crippen molar-refractivity contribution in [2.75, 3.05) is 26.2 Å². The number of Topliss-reactive ketones (excluding diaryl/α,β-unsaturated/α-hetero) is 1. The number of nitrogens with zero attached hydrogens (tertiary/aromatic N) is 1. The van der Waals surface area contributed by atoms with E-state index in [-0.39, 0.29) is 23.5 Å². The Labute approximate surface area is 142 Å². The monoisotopic (exact) mass is 334 g/mol. The van der Waals surface area contributed by atoms with E-state index in [0.717, 1.165) is 12.8 Å². The number of aromatic nitrogens is 1. The molecule has 1 aromatic rings. The molecular formula is C17H26N4O3. The lowest BCUT2D eigenvalue weighted by Gasteiger charge is -2.32. The van der Waals surface area contributed by atoms with Crippen LogP contribution in [0.2, 0.25) is 0 Å². The number of hydrogen-bond acceptors (Lipinski definition) is 4. The van der Waals surface area contributed by atoms with Crippen LogP contribution < -0.4 is 11.1 Å². The van der Waals surface area contributed by atoms with Crippen molar-refractivity contribution in [2.45, 2.75) is 33.6 Å². The number of ketones is 1. The number of piperidine rings is 1. The Kier molecular flexibility index (Phi) is 5.77. The molecule has 2 amide bonds. The van der Waals surface area contributed by atoms with Gasteiger partial charge in [0.1, 0.15) is 5.69 Å². The summed E-state index contributed by atoms with van der Waals surface area (Å²) in [6, 6.07) is 0. The van der Waals surface area contributed by atoms with Crippen LogP contribution in [-0.4, -0.2) is 53.7 Å². The quantitative estimate of drug-likeness (QED) is 0.691. The second-order valence-electron chi connectivity index (χ2n) is 6.35. The highest BCUT2D eigenvalue weighted by Gasteiger charge is 2.31. The average molecular weight is 334 g/mol. The van der Waals surface area contributed by atoms with Gasteiger partial charge in [0.2, 0.25) is 5.91 Å². The van der Waals surface area contributed by atoms with Crippen molar-refractivity contribution in [1.29, 1.82) is 0 Å². The number of carbonyl (C=O) groups is 3. The van der Waals surface area contributed by atoms with E-state index in [1.165, 1.54) is 6.92 Å². The van der Waals surface area contributed by atoms with Gasteiger partial charge in [-0.05, 0) is 39.2 Å². The van der Waals surface area contributed by atoms with Gasteiger partial charge in [-0.1, -0.05) is 0 Å². The highest BCUT2D eigenvalue weighted by Crippen LogP contribution is 2.23. The van der Waals surface area contributed by atoms with Gasteiger partial charge in [-0.15, -0.1) is 0 Å². The van der Waals surface area contributed by atoms with Gasteiger partial charge in [0.15, 0.2) is 5.78 Å². The third kappa shape index (κ3) is 3.67. The van der Waals surface area contributed by atoms with E-state index >= 15 is 0 Å². The largest absolute Gasteiger partial charge is 0.355 e. The molecule has 1 unspecified atom stereocenters.